The molecule has 0 spiro atoms. The van der Waals surface area contributed by atoms with Gasteiger partial charge >= 0.3 is 12.1 Å². The molecule has 0 aliphatic rings. The zero-order chi connectivity index (χ0) is 13.5. The molecule has 2 unspecified atom stereocenters. The van der Waals surface area contributed by atoms with Crippen molar-refractivity contribution in [3.8, 4) is 0 Å². The van der Waals surface area contributed by atoms with Crippen LogP contribution < -0.4 is 5.32 Å². The number of carboxylic acid groups (broad SMARTS) is 1. The summed E-state index contributed by atoms with van der Waals surface area (Å²) in [6.07, 6.45) is 1.59. The van der Waals surface area contributed by atoms with Gasteiger partial charge in [-0.15, -0.1) is 0 Å². The number of ether oxygens (including phenoxy) is 1. The van der Waals surface area contributed by atoms with Gasteiger partial charge in [-0.25, -0.2) is 9.59 Å². The Labute approximate surface area is 99.8 Å². The largest absolute Gasteiger partial charge is 0.480 e. The fourth-order valence-electron chi connectivity index (χ4n) is 0.919. The second-order valence-corrected chi connectivity index (χ2v) is 5.84. The summed E-state index contributed by atoms with van der Waals surface area (Å²) < 4.78 is 22.8. The molecule has 0 aliphatic carbocycles. The molecule has 0 aromatic heterocycles. The smallest absolute Gasteiger partial charge is 0.408 e. The molecule has 0 aliphatic heterocycles. The van der Waals surface area contributed by atoms with Gasteiger partial charge in [-0.05, 0) is 6.42 Å². The highest BCUT2D eigenvalue weighted by Gasteiger charge is 2.21. The number of carbonyl (C=O) groups is 2. The molecule has 0 fully saturated rings. The van der Waals surface area contributed by atoms with Crippen molar-refractivity contribution in [3.63, 3.8) is 0 Å². The Bertz CT molecular complexity index is 390. The second kappa shape index (κ2) is 6.89. The first kappa shape index (κ1) is 15.4. The third-order valence-corrected chi connectivity index (χ3v) is 2.73. The second-order valence-electron chi connectivity index (χ2n) is 3.42. The summed E-state index contributed by atoms with van der Waals surface area (Å²) in [6, 6.07) is -1.21. The minimum Gasteiger partial charge on any atom is -0.480 e. The van der Waals surface area contributed by atoms with Crippen LogP contribution in [0, 0.1) is 4.78 Å². The summed E-state index contributed by atoms with van der Waals surface area (Å²) >= 11 is 0. The van der Waals surface area contributed by atoms with Gasteiger partial charge < -0.3 is 15.2 Å². The van der Waals surface area contributed by atoms with Gasteiger partial charge in [0.2, 0.25) is 0 Å². The molecule has 1 amide bonds. The van der Waals surface area contributed by atoms with Crippen LogP contribution in [0.2, 0.25) is 0 Å². The molecule has 0 saturated carbocycles. The molecule has 98 valence electrons. The van der Waals surface area contributed by atoms with Crippen molar-refractivity contribution in [1.29, 1.82) is 4.78 Å². The highest BCUT2D eigenvalue weighted by atomic mass is 32.2. The van der Waals surface area contributed by atoms with Crippen molar-refractivity contribution in [1.82, 2.24) is 5.32 Å². The van der Waals surface area contributed by atoms with Gasteiger partial charge in [0.05, 0.1) is 0 Å². The van der Waals surface area contributed by atoms with E-state index in [1.165, 1.54) is 12.3 Å². The molecule has 0 aromatic rings. The average molecular weight is 264 g/mol. The van der Waals surface area contributed by atoms with Crippen LogP contribution >= 0.6 is 0 Å². The Kier molecular flexibility index (Phi) is 6.26. The summed E-state index contributed by atoms with van der Waals surface area (Å²) in [5, 5.41) is 10.9. The molecule has 3 N–H and O–H groups in total. The van der Waals surface area contributed by atoms with Crippen LogP contribution in [0.15, 0.2) is 12.7 Å². The van der Waals surface area contributed by atoms with E-state index in [2.05, 4.69) is 16.6 Å². The fraction of sp³-hybridized carbons (Fsp3) is 0.556. The third kappa shape index (κ3) is 8.26. The van der Waals surface area contributed by atoms with E-state index in [0.717, 1.165) is 0 Å². The van der Waals surface area contributed by atoms with Gasteiger partial charge in [0.15, 0.2) is 0 Å². The first-order valence-corrected chi connectivity index (χ1v) is 6.88. The maximum atomic E-state index is 11.1. The Morgan fingerprint density at radius 3 is 2.65 bits per heavy atom. The Morgan fingerprint density at radius 1 is 1.65 bits per heavy atom. The van der Waals surface area contributed by atoms with Crippen LogP contribution in [0.5, 0.6) is 0 Å². The number of carbonyl (C=O) groups excluding carboxylic acids is 1. The number of carboxylic acids is 1. The fourth-order valence-corrected chi connectivity index (χ4v) is 1.60. The van der Waals surface area contributed by atoms with Crippen molar-refractivity contribution in [2.24, 2.45) is 0 Å². The molecule has 0 heterocycles. The van der Waals surface area contributed by atoms with Crippen LogP contribution in [0.1, 0.15) is 6.42 Å². The number of amides is 1. The number of aliphatic carboxylic acids is 1. The lowest BCUT2D eigenvalue weighted by atomic mass is 10.2. The summed E-state index contributed by atoms with van der Waals surface area (Å²) in [4.78, 5) is 21.9. The topological polar surface area (TPSA) is 117 Å². The highest BCUT2D eigenvalue weighted by molar-refractivity contribution is 7.91. The lowest BCUT2D eigenvalue weighted by molar-refractivity contribution is -0.139. The van der Waals surface area contributed by atoms with E-state index in [1.807, 2.05) is 0 Å². The maximum absolute atomic E-state index is 11.1. The summed E-state index contributed by atoms with van der Waals surface area (Å²) in [5.74, 6) is -1.37. The van der Waals surface area contributed by atoms with E-state index in [9.17, 15) is 13.8 Å². The van der Waals surface area contributed by atoms with Gasteiger partial charge in [-0.1, -0.05) is 12.7 Å². The molecule has 0 aromatic carbocycles. The minimum absolute atomic E-state index is 0.0266. The number of hydrogen-bond donors (Lipinski definition) is 3. The zero-order valence-corrected chi connectivity index (χ0v) is 10.3. The zero-order valence-electron chi connectivity index (χ0n) is 9.47. The number of alkyl carbamates (subject to hydrolysis) is 1. The molecule has 2 atom stereocenters. The van der Waals surface area contributed by atoms with E-state index < -0.39 is 27.8 Å². The lowest BCUT2D eigenvalue weighted by Gasteiger charge is -2.13. The van der Waals surface area contributed by atoms with Gasteiger partial charge in [0.1, 0.15) is 12.6 Å². The quantitative estimate of drug-likeness (QED) is 0.576. The Hall–Kier alpha value is -1.57. The molecule has 0 rings (SSSR count). The van der Waals surface area contributed by atoms with E-state index in [0.29, 0.717) is 0 Å². The van der Waals surface area contributed by atoms with Crippen molar-refractivity contribution >= 4 is 21.8 Å². The van der Waals surface area contributed by atoms with E-state index >= 15 is 0 Å². The predicted molar refractivity (Wildman–Crippen MR) is 62.4 cm³/mol. The number of nitrogens with one attached hydrogen (secondary N) is 2. The van der Waals surface area contributed by atoms with Gasteiger partial charge in [0.25, 0.3) is 0 Å². The normalized spacial score (nSPS) is 15.4. The molecule has 7 nitrogen and oxygen atoms in total. The molecule has 17 heavy (non-hydrogen) atoms. The molecule has 0 radical (unpaired) electrons. The molecule has 0 saturated heterocycles. The predicted octanol–water partition coefficient (Wildman–Crippen LogP) is 0.418. The molecule has 8 heteroatoms. The van der Waals surface area contributed by atoms with Gasteiger partial charge in [-0.3, -0.25) is 8.99 Å². The summed E-state index contributed by atoms with van der Waals surface area (Å²) in [7, 11) is -2.78. The van der Waals surface area contributed by atoms with Gasteiger partial charge in [0, 0.05) is 21.7 Å². The SMILES string of the molecule is C=CCOC(=O)NC(CCS(C)(=N)=O)C(=O)O. The van der Waals surface area contributed by atoms with Crippen molar-refractivity contribution in [3.05, 3.63) is 12.7 Å². The van der Waals surface area contributed by atoms with Crippen LogP contribution in [0.4, 0.5) is 4.79 Å². The monoisotopic (exact) mass is 264 g/mol. The number of hydrogen-bond acceptors (Lipinski definition) is 5. The van der Waals surface area contributed by atoms with Crippen molar-refractivity contribution in [2.45, 2.75) is 12.5 Å². The van der Waals surface area contributed by atoms with Crippen LogP contribution in [0.25, 0.3) is 0 Å². The summed E-state index contributed by atoms with van der Waals surface area (Å²) in [5.41, 5.74) is 0. The van der Waals surface area contributed by atoms with E-state index in [-0.39, 0.29) is 18.8 Å². The highest BCUT2D eigenvalue weighted by Crippen LogP contribution is 1.98. The van der Waals surface area contributed by atoms with Gasteiger partial charge in [-0.2, -0.15) is 0 Å². The van der Waals surface area contributed by atoms with Crippen molar-refractivity contribution < 1.29 is 23.6 Å². The average Bonchev–Trinajstić information content (AvgIpc) is 2.19. The van der Waals surface area contributed by atoms with E-state index in [1.54, 1.807) is 0 Å². The summed E-state index contributed by atoms with van der Waals surface area (Å²) in [6.45, 7) is 3.30. The Balaban J connectivity index is 4.30. The molecular weight excluding hydrogens is 248 g/mol. The minimum atomic E-state index is -2.78. The Morgan fingerprint density at radius 2 is 2.24 bits per heavy atom. The lowest BCUT2D eigenvalue weighted by Crippen LogP contribution is -2.42. The standard InChI is InChI=1S/C9H16N2O5S/c1-3-5-16-9(14)11-7(8(12)13)4-6-17(2,10)15/h3,7,10H,1,4-6H2,2H3,(H,11,14)(H,12,13). The van der Waals surface area contributed by atoms with E-state index in [4.69, 9.17) is 9.89 Å². The first-order chi connectivity index (χ1) is 7.76. The molecular formula is C9H16N2O5S. The maximum Gasteiger partial charge on any atom is 0.408 e. The number of rotatable bonds is 7. The first-order valence-electron chi connectivity index (χ1n) is 4.74. The van der Waals surface area contributed by atoms with Crippen LogP contribution in [-0.2, 0) is 19.3 Å². The van der Waals surface area contributed by atoms with Crippen molar-refractivity contribution in [2.75, 3.05) is 18.6 Å². The van der Waals surface area contributed by atoms with Crippen LogP contribution in [-0.4, -0.2) is 46.0 Å². The van der Waals surface area contributed by atoms with Crippen LogP contribution in [0.3, 0.4) is 0 Å². The third-order valence-electron chi connectivity index (χ3n) is 1.72. The molecule has 0 bridgehead atoms.